The molecule has 0 heterocycles. The minimum atomic E-state index is -3.85. The fraction of sp³-hybridized carbons (Fsp3) is 0.364. The van der Waals surface area contributed by atoms with Crippen molar-refractivity contribution in [1.82, 2.24) is 9.44 Å². The van der Waals surface area contributed by atoms with Crippen LogP contribution in [-0.2, 0) is 15.0 Å². The number of nitrogens with one attached hydrogen (secondary N) is 2. The first-order valence-electron chi connectivity index (χ1n) is 5.39. The molecule has 0 unspecified atom stereocenters. The van der Waals surface area contributed by atoms with Crippen molar-refractivity contribution in [2.75, 3.05) is 0 Å². The van der Waals surface area contributed by atoms with Crippen molar-refractivity contribution in [1.29, 1.82) is 0 Å². The first-order chi connectivity index (χ1) is 8.32. The lowest BCUT2D eigenvalue weighted by Crippen LogP contribution is -2.44. The van der Waals surface area contributed by atoms with Crippen molar-refractivity contribution in [3.8, 4) is 0 Å². The van der Waals surface area contributed by atoms with Crippen molar-refractivity contribution in [2.45, 2.75) is 25.9 Å². The van der Waals surface area contributed by atoms with Crippen LogP contribution in [0.3, 0.4) is 0 Å². The molecule has 0 radical (unpaired) electrons. The third kappa shape index (κ3) is 4.44. The van der Waals surface area contributed by atoms with Crippen LogP contribution in [0.4, 0.5) is 0 Å². The van der Waals surface area contributed by atoms with Gasteiger partial charge in [0.2, 0.25) is 0 Å². The predicted molar refractivity (Wildman–Crippen MR) is 67.1 cm³/mol. The molecule has 0 bridgehead atoms. The van der Waals surface area contributed by atoms with Crippen molar-refractivity contribution in [2.24, 2.45) is 0 Å². The van der Waals surface area contributed by atoms with Gasteiger partial charge in [-0.2, -0.15) is 17.9 Å². The molecular weight excluding hydrogens is 256 g/mol. The van der Waals surface area contributed by atoms with Crippen LogP contribution in [0.2, 0.25) is 0 Å². The van der Waals surface area contributed by atoms with Crippen LogP contribution >= 0.6 is 0 Å². The second-order valence-electron chi connectivity index (χ2n) is 4.08. The van der Waals surface area contributed by atoms with Gasteiger partial charge >= 0.3 is 5.97 Å². The number of carboxylic acids is 1. The third-order valence-corrected chi connectivity index (χ3v) is 3.37. The Morgan fingerprint density at radius 1 is 1.17 bits per heavy atom. The van der Waals surface area contributed by atoms with E-state index in [0.29, 0.717) is 5.56 Å². The Morgan fingerprint density at radius 2 is 1.72 bits per heavy atom. The van der Waals surface area contributed by atoms with E-state index in [1.807, 2.05) is 0 Å². The molecule has 3 N–H and O–H groups in total. The Morgan fingerprint density at radius 3 is 2.17 bits per heavy atom. The van der Waals surface area contributed by atoms with Gasteiger partial charge in [-0.25, -0.2) is 0 Å². The van der Waals surface area contributed by atoms with E-state index >= 15 is 0 Å². The molecule has 100 valence electrons. The molecule has 0 fully saturated rings. The summed E-state index contributed by atoms with van der Waals surface area (Å²) in [4.78, 5) is 11.1. The zero-order valence-corrected chi connectivity index (χ0v) is 10.9. The van der Waals surface area contributed by atoms with Crippen molar-refractivity contribution < 1.29 is 18.3 Å². The molecule has 7 heteroatoms. The highest BCUT2D eigenvalue weighted by Gasteiger charge is 2.25. The van der Waals surface area contributed by atoms with E-state index in [0.717, 1.165) is 0 Å². The van der Waals surface area contributed by atoms with E-state index in [4.69, 9.17) is 5.11 Å². The molecule has 1 atom stereocenters. The normalized spacial score (nSPS) is 13.5. The van der Waals surface area contributed by atoms with Crippen LogP contribution < -0.4 is 9.44 Å². The summed E-state index contributed by atoms with van der Waals surface area (Å²) in [7, 11) is -3.85. The van der Waals surface area contributed by atoms with Gasteiger partial charge < -0.3 is 5.11 Å². The Balaban J connectivity index is 2.93. The van der Waals surface area contributed by atoms with Gasteiger partial charge in [0.25, 0.3) is 10.2 Å². The molecule has 1 aromatic carbocycles. The second kappa shape index (κ2) is 5.94. The summed E-state index contributed by atoms with van der Waals surface area (Å²) in [6, 6.07) is 6.51. The number of carboxylic acid groups (broad SMARTS) is 1. The third-order valence-electron chi connectivity index (χ3n) is 2.04. The van der Waals surface area contributed by atoms with E-state index in [1.54, 1.807) is 44.2 Å². The number of aliphatic carboxylic acids is 1. The molecule has 0 saturated heterocycles. The lowest BCUT2D eigenvalue weighted by molar-refractivity contribution is -0.139. The average molecular weight is 272 g/mol. The van der Waals surface area contributed by atoms with Gasteiger partial charge in [-0.1, -0.05) is 30.3 Å². The summed E-state index contributed by atoms with van der Waals surface area (Å²) >= 11 is 0. The molecule has 0 aromatic heterocycles. The predicted octanol–water partition coefficient (Wildman–Crippen LogP) is 0.645. The van der Waals surface area contributed by atoms with E-state index in [1.165, 1.54) is 0 Å². The number of hydrogen-bond acceptors (Lipinski definition) is 3. The van der Waals surface area contributed by atoms with E-state index in [-0.39, 0.29) is 6.04 Å². The second-order valence-corrected chi connectivity index (χ2v) is 5.55. The first kappa shape index (κ1) is 14.6. The molecule has 1 aromatic rings. The van der Waals surface area contributed by atoms with Crippen molar-refractivity contribution >= 4 is 16.2 Å². The van der Waals surface area contributed by atoms with Crippen LogP contribution in [0.5, 0.6) is 0 Å². The molecular formula is C11H16N2O4S. The first-order valence-corrected chi connectivity index (χ1v) is 6.87. The van der Waals surface area contributed by atoms with Crippen LogP contribution in [0, 0.1) is 0 Å². The minimum absolute atomic E-state index is 0.312. The summed E-state index contributed by atoms with van der Waals surface area (Å²) in [5.41, 5.74) is 0.374. The summed E-state index contributed by atoms with van der Waals surface area (Å²) in [6.07, 6.45) is 0. The monoisotopic (exact) mass is 272 g/mol. The Labute approximate surface area is 106 Å². The maximum absolute atomic E-state index is 11.6. The summed E-state index contributed by atoms with van der Waals surface area (Å²) in [5, 5.41) is 9.07. The van der Waals surface area contributed by atoms with Crippen molar-refractivity contribution in [3.63, 3.8) is 0 Å². The van der Waals surface area contributed by atoms with E-state index in [2.05, 4.69) is 9.44 Å². The smallest absolute Gasteiger partial charge is 0.326 e. The molecule has 6 nitrogen and oxygen atoms in total. The van der Waals surface area contributed by atoms with Crippen LogP contribution in [0.15, 0.2) is 30.3 Å². The molecule has 0 saturated carbocycles. The van der Waals surface area contributed by atoms with Crippen LogP contribution in [0.1, 0.15) is 25.5 Å². The van der Waals surface area contributed by atoms with Gasteiger partial charge in [-0.05, 0) is 19.4 Å². The maximum Gasteiger partial charge on any atom is 0.326 e. The summed E-state index contributed by atoms with van der Waals surface area (Å²) in [5.74, 6) is -1.25. The van der Waals surface area contributed by atoms with Crippen LogP contribution in [0.25, 0.3) is 0 Å². The highest BCUT2D eigenvalue weighted by atomic mass is 32.2. The Kier molecular flexibility index (Phi) is 4.83. The quantitative estimate of drug-likeness (QED) is 0.708. The van der Waals surface area contributed by atoms with Gasteiger partial charge in [0.15, 0.2) is 0 Å². The number of rotatable bonds is 6. The molecule has 0 amide bonds. The zero-order valence-electron chi connectivity index (χ0n) is 10.1. The maximum atomic E-state index is 11.6. The van der Waals surface area contributed by atoms with Gasteiger partial charge in [-0.3, -0.25) is 4.79 Å². The molecule has 0 aliphatic carbocycles. The summed E-state index contributed by atoms with van der Waals surface area (Å²) < 4.78 is 27.7. The lowest BCUT2D eigenvalue weighted by atomic mass is 10.1. The molecule has 0 aliphatic rings. The Bertz CT molecular complexity index is 499. The van der Waals surface area contributed by atoms with Crippen molar-refractivity contribution in [3.05, 3.63) is 35.9 Å². The SMILES string of the molecule is CC(C)NS(=O)(=O)N[C@H](C(=O)O)c1ccccc1. The average Bonchev–Trinajstić information content (AvgIpc) is 2.25. The van der Waals surface area contributed by atoms with Crippen LogP contribution in [-0.4, -0.2) is 25.5 Å². The molecule has 18 heavy (non-hydrogen) atoms. The number of benzene rings is 1. The van der Waals surface area contributed by atoms with E-state index < -0.39 is 22.2 Å². The lowest BCUT2D eigenvalue weighted by Gasteiger charge is -2.16. The highest BCUT2D eigenvalue weighted by molar-refractivity contribution is 7.87. The minimum Gasteiger partial charge on any atom is -0.480 e. The topological polar surface area (TPSA) is 95.5 Å². The number of hydrogen-bond donors (Lipinski definition) is 3. The van der Waals surface area contributed by atoms with E-state index in [9.17, 15) is 13.2 Å². The zero-order chi connectivity index (χ0) is 13.8. The highest BCUT2D eigenvalue weighted by Crippen LogP contribution is 2.13. The fourth-order valence-electron chi connectivity index (χ4n) is 1.41. The number of carbonyl (C=O) groups is 1. The Hall–Kier alpha value is -1.44. The molecule has 1 rings (SSSR count). The van der Waals surface area contributed by atoms with Gasteiger partial charge in [-0.15, -0.1) is 0 Å². The molecule has 0 aliphatic heterocycles. The molecule has 0 spiro atoms. The standard InChI is InChI=1S/C11H16N2O4S/c1-8(2)12-18(16,17)13-10(11(14)15)9-6-4-3-5-7-9/h3-8,10,12-13H,1-2H3,(H,14,15)/t10-/m0/s1. The largest absolute Gasteiger partial charge is 0.480 e. The van der Waals surface area contributed by atoms with Gasteiger partial charge in [0.05, 0.1) is 0 Å². The van der Waals surface area contributed by atoms with Gasteiger partial charge in [0.1, 0.15) is 6.04 Å². The van der Waals surface area contributed by atoms with Gasteiger partial charge in [0, 0.05) is 6.04 Å². The summed E-state index contributed by atoms with van der Waals surface area (Å²) in [6.45, 7) is 3.30. The fourth-order valence-corrected chi connectivity index (χ4v) is 2.64.